The van der Waals surface area contributed by atoms with Gasteiger partial charge in [-0.3, -0.25) is 4.79 Å². The zero-order valence-corrected chi connectivity index (χ0v) is 13.1. The highest BCUT2D eigenvalue weighted by Crippen LogP contribution is 2.24. The van der Waals surface area contributed by atoms with Crippen molar-refractivity contribution in [2.24, 2.45) is 0 Å². The third-order valence-corrected chi connectivity index (χ3v) is 3.82. The Balaban J connectivity index is 2.33. The van der Waals surface area contributed by atoms with Crippen LogP contribution in [0.25, 0.3) is 11.1 Å². The van der Waals surface area contributed by atoms with Gasteiger partial charge in [0.15, 0.2) is 0 Å². The van der Waals surface area contributed by atoms with Crippen molar-refractivity contribution in [2.45, 2.75) is 13.8 Å². The van der Waals surface area contributed by atoms with Crippen LogP contribution < -0.4 is 0 Å². The SMILES string of the molecule is Cc1ccc(-c2ccc(C(=O)N(C)CCO)c(F)c2)cc1C. The summed E-state index contributed by atoms with van der Waals surface area (Å²) in [4.78, 5) is 13.4. The number of hydrogen-bond acceptors (Lipinski definition) is 2. The topological polar surface area (TPSA) is 40.5 Å². The second kappa shape index (κ2) is 6.71. The smallest absolute Gasteiger partial charge is 0.256 e. The fourth-order valence-electron chi connectivity index (χ4n) is 2.25. The van der Waals surface area contributed by atoms with Crippen LogP contribution >= 0.6 is 0 Å². The van der Waals surface area contributed by atoms with Crippen LogP contribution in [0.2, 0.25) is 0 Å². The van der Waals surface area contributed by atoms with Crippen molar-refractivity contribution in [3.63, 3.8) is 0 Å². The van der Waals surface area contributed by atoms with Crippen molar-refractivity contribution in [1.29, 1.82) is 0 Å². The molecule has 0 atom stereocenters. The molecule has 0 aromatic heterocycles. The molecule has 4 heteroatoms. The molecule has 0 aliphatic heterocycles. The Hall–Kier alpha value is -2.20. The van der Waals surface area contributed by atoms with Gasteiger partial charge in [0.05, 0.1) is 12.2 Å². The highest BCUT2D eigenvalue weighted by atomic mass is 19.1. The van der Waals surface area contributed by atoms with E-state index in [0.29, 0.717) is 0 Å². The third-order valence-electron chi connectivity index (χ3n) is 3.82. The van der Waals surface area contributed by atoms with Crippen LogP contribution in [0, 0.1) is 19.7 Å². The molecular weight excluding hydrogens is 281 g/mol. The molecule has 0 saturated carbocycles. The molecule has 22 heavy (non-hydrogen) atoms. The number of nitrogens with zero attached hydrogens (tertiary/aromatic N) is 1. The number of aliphatic hydroxyl groups is 1. The van der Waals surface area contributed by atoms with E-state index in [1.54, 1.807) is 6.07 Å². The molecule has 2 aromatic carbocycles. The van der Waals surface area contributed by atoms with E-state index >= 15 is 0 Å². The number of amides is 1. The van der Waals surface area contributed by atoms with Crippen molar-refractivity contribution in [3.05, 3.63) is 58.9 Å². The molecular formula is C18H20FNO2. The van der Waals surface area contributed by atoms with Gasteiger partial charge in [0.25, 0.3) is 5.91 Å². The van der Waals surface area contributed by atoms with Crippen molar-refractivity contribution < 1.29 is 14.3 Å². The van der Waals surface area contributed by atoms with Crippen LogP contribution in [-0.4, -0.2) is 36.1 Å². The first-order valence-electron chi connectivity index (χ1n) is 7.17. The summed E-state index contributed by atoms with van der Waals surface area (Å²) in [6.45, 7) is 4.07. The normalized spacial score (nSPS) is 10.6. The Labute approximate surface area is 130 Å². The first kappa shape index (κ1) is 16.2. The highest BCUT2D eigenvalue weighted by Gasteiger charge is 2.16. The molecule has 0 heterocycles. The summed E-state index contributed by atoms with van der Waals surface area (Å²) in [5.41, 5.74) is 4.00. The zero-order chi connectivity index (χ0) is 16.3. The number of likely N-dealkylation sites (N-methyl/N-ethyl adjacent to an activating group) is 1. The van der Waals surface area contributed by atoms with Crippen molar-refractivity contribution in [2.75, 3.05) is 20.2 Å². The van der Waals surface area contributed by atoms with E-state index in [-0.39, 0.29) is 18.7 Å². The largest absolute Gasteiger partial charge is 0.395 e. The molecule has 0 spiro atoms. The van der Waals surface area contributed by atoms with Gasteiger partial charge in [-0.15, -0.1) is 0 Å². The van der Waals surface area contributed by atoms with Crippen LogP contribution in [0.15, 0.2) is 36.4 Å². The van der Waals surface area contributed by atoms with Crippen molar-refractivity contribution in [1.82, 2.24) is 4.90 Å². The molecule has 0 saturated heterocycles. The molecule has 2 aromatic rings. The Morgan fingerprint density at radius 3 is 2.32 bits per heavy atom. The molecule has 0 unspecified atom stereocenters. The number of halogens is 1. The second-order valence-corrected chi connectivity index (χ2v) is 5.44. The van der Waals surface area contributed by atoms with Gasteiger partial charge in [0.1, 0.15) is 5.82 Å². The quantitative estimate of drug-likeness (QED) is 0.942. The van der Waals surface area contributed by atoms with Gasteiger partial charge in [-0.05, 0) is 48.2 Å². The summed E-state index contributed by atoms with van der Waals surface area (Å²) >= 11 is 0. The van der Waals surface area contributed by atoms with Gasteiger partial charge in [-0.2, -0.15) is 0 Å². The van der Waals surface area contributed by atoms with Crippen LogP contribution in [0.1, 0.15) is 21.5 Å². The summed E-state index contributed by atoms with van der Waals surface area (Å²) in [5.74, 6) is -0.983. The van der Waals surface area contributed by atoms with Crippen LogP contribution in [0.5, 0.6) is 0 Å². The fourth-order valence-corrected chi connectivity index (χ4v) is 2.25. The minimum atomic E-state index is -0.550. The lowest BCUT2D eigenvalue weighted by Crippen LogP contribution is -2.30. The number of carbonyl (C=O) groups excluding carboxylic acids is 1. The van der Waals surface area contributed by atoms with Gasteiger partial charge in [-0.1, -0.05) is 24.3 Å². The Kier molecular flexibility index (Phi) is 4.93. The van der Waals surface area contributed by atoms with Crippen molar-refractivity contribution in [3.8, 4) is 11.1 Å². The summed E-state index contributed by atoms with van der Waals surface area (Å²) in [6.07, 6.45) is 0. The Morgan fingerprint density at radius 1 is 1.09 bits per heavy atom. The van der Waals surface area contributed by atoms with E-state index < -0.39 is 11.7 Å². The van der Waals surface area contributed by atoms with Gasteiger partial charge in [0.2, 0.25) is 0 Å². The minimum absolute atomic E-state index is 0.0172. The summed E-state index contributed by atoms with van der Waals surface area (Å²) in [6, 6.07) is 10.6. The lowest BCUT2D eigenvalue weighted by Gasteiger charge is -2.16. The van der Waals surface area contributed by atoms with E-state index in [1.807, 2.05) is 32.0 Å². The molecule has 1 N–H and O–H groups in total. The Bertz CT molecular complexity index is 697. The maximum Gasteiger partial charge on any atom is 0.256 e. The number of hydrogen-bond donors (Lipinski definition) is 1. The lowest BCUT2D eigenvalue weighted by atomic mass is 9.99. The van der Waals surface area contributed by atoms with Crippen LogP contribution in [0.4, 0.5) is 4.39 Å². The maximum atomic E-state index is 14.3. The van der Waals surface area contributed by atoms with Crippen molar-refractivity contribution >= 4 is 5.91 Å². The van der Waals surface area contributed by atoms with E-state index in [4.69, 9.17) is 5.11 Å². The average molecular weight is 301 g/mol. The van der Waals surface area contributed by atoms with Gasteiger partial charge in [-0.25, -0.2) is 4.39 Å². The highest BCUT2D eigenvalue weighted by molar-refractivity contribution is 5.94. The summed E-state index contributed by atoms with van der Waals surface area (Å²) in [5, 5.41) is 8.86. The number of aliphatic hydroxyl groups excluding tert-OH is 1. The molecule has 116 valence electrons. The molecule has 0 aliphatic rings. The van der Waals surface area contributed by atoms with Gasteiger partial charge in [0, 0.05) is 13.6 Å². The van der Waals surface area contributed by atoms with E-state index in [0.717, 1.165) is 16.7 Å². The predicted octanol–water partition coefficient (Wildman–Crippen LogP) is 3.17. The molecule has 0 fully saturated rings. The third kappa shape index (κ3) is 3.34. The number of carbonyl (C=O) groups is 1. The van der Waals surface area contributed by atoms with Gasteiger partial charge >= 0.3 is 0 Å². The standard InChI is InChI=1S/C18H20FNO2/c1-12-4-5-14(10-13(12)2)15-6-7-16(17(19)11-15)18(22)20(3)8-9-21/h4-7,10-11,21H,8-9H2,1-3H3. The van der Waals surface area contributed by atoms with E-state index in [1.165, 1.54) is 29.6 Å². The molecule has 0 radical (unpaired) electrons. The number of aryl methyl sites for hydroxylation is 2. The number of rotatable bonds is 4. The maximum absolute atomic E-state index is 14.3. The Morgan fingerprint density at radius 2 is 1.73 bits per heavy atom. The first-order chi connectivity index (χ1) is 10.4. The number of benzene rings is 2. The monoisotopic (exact) mass is 301 g/mol. The second-order valence-electron chi connectivity index (χ2n) is 5.44. The predicted molar refractivity (Wildman–Crippen MR) is 85.4 cm³/mol. The molecule has 0 aliphatic carbocycles. The average Bonchev–Trinajstić information content (AvgIpc) is 2.49. The summed E-state index contributed by atoms with van der Waals surface area (Å²) in [7, 11) is 1.54. The van der Waals surface area contributed by atoms with E-state index in [2.05, 4.69) is 0 Å². The molecule has 0 bridgehead atoms. The van der Waals surface area contributed by atoms with Gasteiger partial charge < -0.3 is 10.0 Å². The molecule has 1 amide bonds. The fraction of sp³-hybridized carbons (Fsp3) is 0.278. The van der Waals surface area contributed by atoms with E-state index in [9.17, 15) is 9.18 Å². The van der Waals surface area contributed by atoms with Crippen LogP contribution in [-0.2, 0) is 0 Å². The minimum Gasteiger partial charge on any atom is -0.395 e. The molecule has 3 nitrogen and oxygen atoms in total. The molecule has 2 rings (SSSR count). The lowest BCUT2D eigenvalue weighted by molar-refractivity contribution is 0.0762. The first-order valence-corrected chi connectivity index (χ1v) is 7.17. The summed E-state index contributed by atoms with van der Waals surface area (Å²) < 4.78 is 14.3. The van der Waals surface area contributed by atoms with Crippen LogP contribution in [0.3, 0.4) is 0 Å². The zero-order valence-electron chi connectivity index (χ0n) is 13.1.